The summed E-state index contributed by atoms with van der Waals surface area (Å²) in [6.45, 7) is 8.58. The highest BCUT2D eigenvalue weighted by Gasteiger charge is 2.39. The van der Waals surface area contributed by atoms with Crippen molar-refractivity contribution in [2.24, 2.45) is 11.8 Å². The highest BCUT2D eigenvalue weighted by molar-refractivity contribution is 5.32. The van der Waals surface area contributed by atoms with Gasteiger partial charge in [-0.2, -0.15) is 0 Å². The van der Waals surface area contributed by atoms with Gasteiger partial charge in [-0.25, -0.2) is 0 Å². The van der Waals surface area contributed by atoms with E-state index in [2.05, 4.69) is 45.9 Å². The molecule has 0 saturated carbocycles. The van der Waals surface area contributed by atoms with Gasteiger partial charge in [0.25, 0.3) is 0 Å². The van der Waals surface area contributed by atoms with Crippen LogP contribution in [0.1, 0.15) is 27.7 Å². The van der Waals surface area contributed by atoms with E-state index in [1.807, 2.05) is 0 Å². The summed E-state index contributed by atoms with van der Waals surface area (Å²) in [6.07, 6.45) is 7.27. The van der Waals surface area contributed by atoms with Gasteiger partial charge in [0.05, 0.1) is 11.7 Å². The Morgan fingerprint density at radius 1 is 1.23 bits per heavy atom. The summed E-state index contributed by atoms with van der Waals surface area (Å²) in [5.74, 6) is 1.08. The van der Waals surface area contributed by atoms with Gasteiger partial charge in [-0.05, 0) is 27.7 Å². The van der Waals surface area contributed by atoms with Gasteiger partial charge in [0, 0.05) is 11.8 Å². The van der Waals surface area contributed by atoms with Crippen LogP contribution in [-0.2, 0) is 4.74 Å². The molecule has 0 heterocycles. The summed E-state index contributed by atoms with van der Waals surface area (Å²) in [5.41, 5.74) is 1.45. The minimum Gasteiger partial charge on any atom is -0.371 e. The first kappa shape index (κ1) is 9.01. The highest BCUT2D eigenvalue weighted by Crippen LogP contribution is 2.41. The first-order chi connectivity index (χ1) is 5.97. The Hall–Kier alpha value is -0.560. The van der Waals surface area contributed by atoms with E-state index in [0.29, 0.717) is 17.9 Å². The fourth-order valence-corrected chi connectivity index (χ4v) is 2.24. The van der Waals surface area contributed by atoms with Gasteiger partial charge >= 0.3 is 0 Å². The molecule has 0 aromatic rings. The fraction of sp³-hybridized carbons (Fsp3) is 0.667. The second-order valence-electron chi connectivity index (χ2n) is 5.09. The molecule has 72 valence electrons. The Kier molecular flexibility index (Phi) is 1.88. The first-order valence-electron chi connectivity index (χ1n) is 5.02. The van der Waals surface area contributed by atoms with Gasteiger partial charge in [0.1, 0.15) is 0 Å². The number of fused-ring (bicyclic) bond motifs is 2. The Morgan fingerprint density at radius 3 is 2.31 bits per heavy atom. The third-order valence-corrected chi connectivity index (χ3v) is 2.74. The molecule has 0 aromatic carbocycles. The number of hydrogen-bond donors (Lipinski definition) is 0. The Balaban J connectivity index is 2.07. The van der Waals surface area contributed by atoms with Gasteiger partial charge in [-0.1, -0.05) is 23.8 Å². The molecule has 0 spiro atoms. The first-order valence-corrected chi connectivity index (χ1v) is 5.02. The van der Waals surface area contributed by atoms with Crippen LogP contribution in [0.25, 0.3) is 0 Å². The van der Waals surface area contributed by atoms with Crippen molar-refractivity contribution in [1.29, 1.82) is 0 Å². The predicted molar refractivity (Wildman–Crippen MR) is 54.5 cm³/mol. The van der Waals surface area contributed by atoms with Gasteiger partial charge in [0.2, 0.25) is 0 Å². The van der Waals surface area contributed by atoms with E-state index in [-0.39, 0.29) is 5.60 Å². The standard InChI is InChI=1S/C12H18O/c1-8-7-9-5-6-10(8)11(9)13-12(2,3)4/h5-7,9-11H,1-4H3/t9-,10+,11?/m0/s1. The molecular formula is C12H18O. The van der Waals surface area contributed by atoms with Crippen LogP contribution in [0.15, 0.2) is 23.8 Å². The van der Waals surface area contributed by atoms with E-state index in [9.17, 15) is 0 Å². The van der Waals surface area contributed by atoms with Crippen molar-refractivity contribution in [2.45, 2.75) is 39.4 Å². The molecule has 0 radical (unpaired) electrons. The zero-order valence-electron chi connectivity index (χ0n) is 8.87. The maximum Gasteiger partial charge on any atom is 0.0778 e. The molecule has 1 nitrogen and oxygen atoms in total. The average molecular weight is 178 g/mol. The summed E-state index contributed by atoms with van der Waals surface area (Å²) >= 11 is 0. The molecule has 2 aliphatic carbocycles. The van der Waals surface area contributed by atoms with Gasteiger partial charge in [0.15, 0.2) is 0 Å². The third kappa shape index (κ3) is 1.58. The smallest absolute Gasteiger partial charge is 0.0778 e. The van der Waals surface area contributed by atoms with E-state index in [0.717, 1.165) is 0 Å². The average Bonchev–Trinajstić information content (AvgIpc) is 2.42. The number of hydrogen-bond acceptors (Lipinski definition) is 1. The van der Waals surface area contributed by atoms with Crippen LogP contribution in [-0.4, -0.2) is 11.7 Å². The van der Waals surface area contributed by atoms with E-state index in [1.54, 1.807) is 0 Å². The molecule has 13 heavy (non-hydrogen) atoms. The van der Waals surface area contributed by atoms with Crippen LogP contribution in [0.3, 0.4) is 0 Å². The van der Waals surface area contributed by atoms with Crippen LogP contribution in [0.4, 0.5) is 0 Å². The minimum absolute atomic E-state index is 0.0222. The van der Waals surface area contributed by atoms with E-state index in [4.69, 9.17) is 4.74 Å². The van der Waals surface area contributed by atoms with Crippen molar-refractivity contribution in [2.75, 3.05) is 0 Å². The van der Waals surface area contributed by atoms with Crippen molar-refractivity contribution in [3.63, 3.8) is 0 Å². The molecule has 0 fully saturated rings. The van der Waals surface area contributed by atoms with Gasteiger partial charge in [-0.3, -0.25) is 0 Å². The maximum atomic E-state index is 6.04. The molecule has 1 heteroatoms. The summed E-state index contributed by atoms with van der Waals surface area (Å²) in [7, 11) is 0. The third-order valence-electron chi connectivity index (χ3n) is 2.74. The van der Waals surface area contributed by atoms with Crippen LogP contribution in [0, 0.1) is 11.8 Å². The lowest BCUT2D eigenvalue weighted by atomic mass is 10.0. The molecule has 0 aromatic heterocycles. The Morgan fingerprint density at radius 2 is 1.92 bits per heavy atom. The van der Waals surface area contributed by atoms with E-state index < -0.39 is 0 Å². The Labute approximate surface area is 80.5 Å². The van der Waals surface area contributed by atoms with Crippen molar-refractivity contribution >= 4 is 0 Å². The normalized spacial score (nSPS) is 36.9. The van der Waals surface area contributed by atoms with Crippen LogP contribution >= 0.6 is 0 Å². The van der Waals surface area contributed by atoms with E-state index >= 15 is 0 Å². The molecule has 2 aliphatic rings. The van der Waals surface area contributed by atoms with Crippen molar-refractivity contribution in [3.05, 3.63) is 23.8 Å². The zero-order valence-corrected chi connectivity index (χ0v) is 8.87. The van der Waals surface area contributed by atoms with Gasteiger partial charge in [-0.15, -0.1) is 0 Å². The molecule has 1 unspecified atom stereocenters. The largest absolute Gasteiger partial charge is 0.371 e. The minimum atomic E-state index is -0.0222. The summed E-state index contributed by atoms with van der Waals surface area (Å²) in [6, 6.07) is 0. The molecule has 0 amide bonds. The van der Waals surface area contributed by atoms with Crippen molar-refractivity contribution in [3.8, 4) is 0 Å². The lowest BCUT2D eigenvalue weighted by molar-refractivity contribution is -0.0727. The molecule has 0 aliphatic heterocycles. The van der Waals surface area contributed by atoms with Crippen LogP contribution in [0.2, 0.25) is 0 Å². The molecule has 2 rings (SSSR count). The van der Waals surface area contributed by atoms with Crippen molar-refractivity contribution < 1.29 is 4.74 Å². The molecule has 2 bridgehead atoms. The monoisotopic (exact) mass is 178 g/mol. The SMILES string of the molecule is CC1=C[C@@H]2C=C[C@H]1C2OC(C)(C)C. The number of ether oxygens (including phenoxy) is 1. The van der Waals surface area contributed by atoms with Crippen LogP contribution < -0.4 is 0 Å². The maximum absolute atomic E-state index is 6.04. The Bertz CT molecular complexity index is 267. The predicted octanol–water partition coefficient (Wildman–Crippen LogP) is 2.93. The zero-order chi connectivity index (χ0) is 9.64. The van der Waals surface area contributed by atoms with E-state index in [1.165, 1.54) is 5.57 Å². The molecular weight excluding hydrogens is 160 g/mol. The lowest BCUT2D eigenvalue weighted by Crippen LogP contribution is -2.31. The highest BCUT2D eigenvalue weighted by atomic mass is 16.5. The second kappa shape index (κ2) is 2.71. The summed E-state index contributed by atoms with van der Waals surface area (Å²) < 4.78 is 6.04. The summed E-state index contributed by atoms with van der Waals surface area (Å²) in [5, 5.41) is 0. The lowest BCUT2D eigenvalue weighted by Gasteiger charge is -2.28. The summed E-state index contributed by atoms with van der Waals surface area (Å²) in [4.78, 5) is 0. The van der Waals surface area contributed by atoms with Crippen molar-refractivity contribution in [1.82, 2.24) is 0 Å². The van der Waals surface area contributed by atoms with Crippen LogP contribution in [0.5, 0.6) is 0 Å². The topological polar surface area (TPSA) is 9.23 Å². The molecule has 0 N–H and O–H groups in total. The molecule has 3 atom stereocenters. The van der Waals surface area contributed by atoms with Gasteiger partial charge < -0.3 is 4.74 Å². The number of rotatable bonds is 1. The quantitative estimate of drug-likeness (QED) is 0.561. The fourth-order valence-electron chi connectivity index (χ4n) is 2.24. The second-order valence-corrected chi connectivity index (χ2v) is 5.09. The molecule has 0 saturated heterocycles.